The first-order chi connectivity index (χ1) is 10.8. The van der Waals surface area contributed by atoms with E-state index in [2.05, 4.69) is 32.3 Å². The van der Waals surface area contributed by atoms with Gasteiger partial charge in [-0.1, -0.05) is 6.42 Å². The van der Waals surface area contributed by atoms with Gasteiger partial charge in [0.2, 0.25) is 0 Å². The average molecular weight is 304 g/mol. The van der Waals surface area contributed by atoms with Crippen LogP contribution in [-0.2, 0) is 13.0 Å². The Kier molecular flexibility index (Phi) is 4.95. The van der Waals surface area contributed by atoms with E-state index in [9.17, 15) is 0 Å². The number of aliphatic imine (C=N–C) groups is 1. The maximum atomic E-state index is 4.79. The van der Waals surface area contributed by atoms with E-state index < -0.39 is 0 Å². The normalized spacial score (nSPS) is 22.1. The molecule has 1 aromatic rings. The van der Waals surface area contributed by atoms with Crippen molar-refractivity contribution in [3.8, 4) is 0 Å². The van der Waals surface area contributed by atoms with Crippen molar-refractivity contribution in [3.05, 3.63) is 11.6 Å². The van der Waals surface area contributed by atoms with Crippen LogP contribution < -0.4 is 10.6 Å². The summed E-state index contributed by atoms with van der Waals surface area (Å²) in [6.07, 6.45) is 6.30. The Balaban J connectivity index is 1.52. The van der Waals surface area contributed by atoms with E-state index in [-0.39, 0.29) is 0 Å². The van der Waals surface area contributed by atoms with Crippen molar-refractivity contribution in [2.24, 2.45) is 16.8 Å². The Bertz CT molecular complexity index is 517. The van der Waals surface area contributed by atoms with Gasteiger partial charge in [-0.15, -0.1) is 10.2 Å². The zero-order chi connectivity index (χ0) is 15.4. The summed E-state index contributed by atoms with van der Waals surface area (Å²) in [7, 11) is 0. The van der Waals surface area contributed by atoms with Gasteiger partial charge in [0.1, 0.15) is 11.6 Å². The van der Waals surface area contributed by atoms with Gasteiger partial charge in [-0.05, 0) is 44.9 Å². The minimum absolute atomic E-state index is 0.585. The van der Waals surface area contributed by atoms with Gasteiger partial charge in [0.15, 0.2) is 5.96 Å². The highest BCUT2D eigenvalue weighted by atomic mass is 15.3. The average Bonchev–Trinajstić information content (AvgIpc) is 2.84. The van der Waals surface area contributed by atoms with E-state index in [1.807, 2.05) is 6.92 Å². The molecule has 0 saturated heterocycles. The van der Waals surface area contributed by atoms with E-state index in [0.29, 0.717) is 5.92 Å². The number of guanidine groups is 1. The third-order valence-corrected chi connectivity index (χ3v) is 4.86. The first kappa shape index (κ1) is 15.3. The fraction of sp³-hybridized carbons (Fsp3) is 0.812. The van der Waals surface area contributed by atoms with Crippen LogP contribution >= 0.6 is 0 Å². The molecule has 2 heterocycles. The molecule has 0 bridgehead atoms. The van der Waals surface area contributed by atoms with Crippen molar-refractivity contribution in [1.29, 1.82) is 0 Å². The zero-order valence-corrected chi connectivity index (χ0v) is 13.8. The van der Waals surface area contributed by atoms with Crippen LogP contribution in [0.15, 0.2) is 4.99 Å². The van der Waals surface area contributed by atoms with E-state index in [4.69, 9.17) is 4.99 Å². The molecule has 6 heteroatoms. The number of aromatic nitrogens is 3. The van der Waals surface area contributed by atoms with Crippen LogP contribution in [0, 0.1) is 18.8 Å². The molecule has 3 rings (SSSR count). The lowest BCUT2D eigenvalue weighted by Crippen LogP contribution is -2.41. The van der Waals surface area contributed by atoms with Crippen LogP contribution in [0.25, 0.3) is 0 Å². The molecule has 0 aromatic carbocycles. The summed E-state index contributed by atoms with van der Waals surface area (Å²) in [5.41, 5.74) is 0. The maximum absolute atomic E-state index is 4.79. The Morgan fingerprint density at radius 2 is 2.09 bits per heavy atom. The number of fused-ring (bicyclic) bond motifs is 1. The zero-order valence-electron chi connectivity index (χ0n) is 13.8. The van der Waals surface area contributed by atoms with Gasteiger partial charge < -0.3 is 15.2 Å². The van der Waals surface area contributed by atoms with Gasteiger partial charge in [-0.3, -0.25) is 4.99 Å². The molecule has 1 aliphatic carbocycles. The fourth-order valence-corrected chi connectivity index (χ4v) is 3.18. The van der Waals surface area contributed by atoms with Crippen LogP contribution in [0.5, 0.6) is 0 Å². The van der Waals surface area contributed by atoms with Crippen LogP contribution in [0.4, 0.5) is 0 Å². The van der Waals surface area contributed by atoms with Crippen LogP contribution in [0.3, 0.4) is 0 Å². The summed E-state index contributed by atoms with van der Waals surface area (Å²) in [6.45, 7) is 8.00. The quantitative estimate of drug-likeness (QED) is 0.639. The lowest BCUT2D eigenvalue weighted by Gasteiger charge is -2.27. The Hall–Kier alpha value is -1.59. The third kappa shape index (κ3) is 3.59. The molecule has 2 aliphatic rings. The Morgan fingerprint density at radius 1 is 1.23 bits per heavy atom. The monoisotopic (exact) mass is 304 g/mol. The minimum atomic E-state index is 0.585. The molecule has 6 nitrogen and oxygen atoms in total. The second-order valence-corrected chi connectivity index (χ2v) is 6.58. The molecule has 1 saturated carbocycles. The molecular formula is C16H28N6. The van der Waals surface area contributed by atoms with Crippen molar-refractivity contribution in [3.63, 3.8) is 0 Å². The third-order valence-electron chi connectivity index (χ3n) is 4.86. The molecule has 1 aromatic heterocycles. The standard InChI is InChI=1S/C16H28N6/c1-3-17-16(18-9-13-5-4-6-13)19-10-14-7-8-15-21-20-12(2)22(15)11-14/h13-14H,3-11H2,1-2H3,(H2,17,18,19). The second kappa shape index (κ2) is 7.11. The summed E-state index contributed by atoms with van der Waals surface area (Å²) in [5.74, 6) is 4.56. The molecule has 1 fully saturated rings. The van der Waals surface area contributed by atoms with Crippen molar-refractivity contribution >= 4 is 5.96 Å². The molecule has 0 spiro atoms. The van der Waals surface area contributed by atoms with Crippen LogP contribution in [-0.4, -0.2) is 40.4 Å². The predicted octanol–water partition coefficient (Wildman–Crippen LogP) is 1.50. The van der Waals surface area contributed by atoms with Gasteiger partial charge in [0, 0.05) is 32.6 Å². The molecule has 0 amide bonds. The molecular weight excluding hydrogens is 276 g/mol. The van der Waals surface area contributed by atoms with Gasteiger partial charge in [0.25, 0.3) is 0 Å². The van der Waals surface area contributed by atoms with Crippen LogP contribution in [0.1, 0.15) is 44.3 Å². The van der Waals surface area contributed by atoms with E-state index >= 15 is 0 Å². The van der Waals surface area contributed by atoms with Crippen molar-refractivity contribution in [2.45, 2.75) is 52.5 Å². The topological polar surface area (TPSA) is 67.1 Å². The number of rotatable bonds is 5. The maximum Gasteiger partial charge on any atom is 0.191 e. The van der Waals surface area contributed by atoms with Gasteiger partial charge in [0.05, 0.1) is 0 Å². The first-order valence-corrected chi connectivity index (χ1v) is 8.67. The summed E-state index contributed by atoms with van der Waals surface area (Å²) in [5, 5.41) is 15.3. The second-order valence-electron chi connectivity index (χ2n) is 6.58. The van der Waals surface area contributed by atoms with Crippen molar-refractivity contribution < 1.29 is 0 Å². The smallest absolute Gasteiger partial charge is 0.191 e. The molecule has 122 valence electrons. The highest BCUT2D eigenvalue weighted by Gasteiger charge is 2.21. The highest BCUT2D eigenvalue weighted by Crippen LogP contribution is 2.25. The fourth-order valence-electron chi connectivity index (χ4n) is 3.18. The lowest BCUT2D eigenvalue weighted by atomic mass is 9.85. The summed E-state index contributed by atoms with van der Waals surface area (Å²) < 4.78 is 2.25. The molecule has 1 unspecified atom stereocenters. The Morgan fingerprint density at radius 3 is 2.82 bits per heavy atom. The molecule has 0 radical (unpaired) electrons. The molecule has 22 heavy (non-hydrogen) atoms. The van der Waals surface area contributed by atoms with E-state index in [1.165, 1.54) is 19.3 Å². The van der Waals surface area contributed by atoms with Gasteiger partial charge in [-0.2, -0.15) is 0 Å². The number of nitrogens with one attached hydrogen (secondary N) is 2. The van der Waals surface area contributed by atoms with Crippen LogP contribution in [0.2, 0.25) is 0 Å². The number of nitrogens with zero attached hydrogens (tertiary/aromatic N) is 4. The summed E-state index contributed by atoms with van der Waals surface area (Å²) in [4.78, 5) is 4.79. The van der Waals surface area contributed by atoms with Gasteiger partial charge >= 0.3 is 0 Å². The summed E-state index contributed by atoms with van der Waals surface area (Å²) >= 11 is 0. The van der Waals surface area contributed by atoms with Crippen molar-refractivity contribution in [2.75, 3.05) is 19.6 Å². The van der Waals surface area contributed by atoms with E-state index in [0.717, 1.165) is 62.5 Å². The number of hydrogen-bond donors (Lipinski definition) is 2. The van der Waals surface area contributed by atoms with Crippen molar-refractivity contribution in [1.82, 2.24) is 25.4 Å². The Labute approximate surface area is 132 Å². The molecule has 1 aliphatic heterocycles. The van der Waals surface area contributed by atoms with Gasteiger partial charge in [-0.25, -0.2) is 0 Å². The SMILES string of the molecule is CCNC(=NCC1CCc2nnc(C)n2C1)NCC1CCC1. The largest absolute Gasteiger partial charge is 0.357 e. The summed E-state index contributed by atoms with van der Waals surface area (Å²) in [6, 6.07) is 0. The number of aryl methyl sites for hydroxylation is 2. The molecule has 2 N–H and O–H groups in total. The first-order valence-electron chi connectivity index (χ1n) is 8.67. The van der Waals surface area contributed by atoms with E-state index in [1.54, 1.807) is 0 Å². The molecule has 1 atom stereocenters. The number of hydrogen-bond acceptors (Lipinski definition) is 3. The highest BCUT2D eigenvalue weighted by molar-refractivity contribution is 5.79. The minimum Gasteiger partial charge on any atom is -0.357 e. The lowest BCUT2D eigenvalue weighted by molar-refractivity contribution is 0.314. The predicted molar refractivity (Wildman–Crippen MR) is 87.9 cm³/mol.